The van der Waals surface area contributed by atoms with Crippen LogP contribution >= 0.6 is 15.9 Å². The fraction of sp³-hybridized carbons (Fsp3) is 0.143. The zero-order valence-corrected chi connectivity index (χ0v) is 8.36. The molecular weight excluding hydrogens is 284 g/mol. The minimum absolute atomic E-state index is 0.0781. The predicted molar refractivity (Wildman–Crippen MR) is 43.3 cm³/mol. The van der Waals surface area contributed by atoms with Crippen LogP contribution in [0.3, 0.4) is 0 Å². The van der Waals surface area contributed by atoms with Crippen LogP contribution < -0.4 is 4.74 Å². The molecular formula is C7HBrF4N2O. The Hall–Kier alpha value is -1.36. The molecule has 0 aromatic carbocycles. The Kier molecular flexibility index (Phi) is 3.14. The monoisotopic (exact) mass is 284 g/mol. The molecule has 15 heavy (non-hydrogen) atoms. The maximum Gasteiger partial charge on any atom is 0.573 e. The molecule has 8 heteroatoms. The number of nitriles is 1. The van der Waals surface area contributed by atoms with Gasteiger partial charge in [-0.15, -0.1) is 13.2 Å². The number of rotatable bonds is 1. The highest BCUT2D eigenvalue weighted by Crippen LogP contribution is 2.28. The lowest BCUT2D eigenvalue weighted by atomic mass is 10.3. The zero-order chi connectivity index (χ0) is 11.6. The van der Waals surface area contributed by atoms with Crippen LogP contribution in [-0.4, -0.2) is 11.3 Å². The van der Waals surface area contributed by atoms with Crippen LogP contribution in [0.4, 0.5) is 17.6 Å². The minimum Gasteiger partial charge on any atom is -0.401 e. The number of ether oxygens (including phenoxy) is 1. The highest BCUT2D eigenvalue weighted by atomic mass is 79.9. The van der Waals surface area contributed by atoms with E-state index in [1.807, 2.05) is 0 Å². The Labute approximate surface area is 89.4 Å². The molecule has 1 aromatic rings. The lowest BCUT2D eigenvalue weighted by Crippen LogP contribution is -2.18. The van der Waals surface area contributed by atoms with Crippen molar-refractivity contribution in [2.45, 2.75) is 6.36 Å². The van der Waals surface area contributed by atoms with Crippen molar-refractivity contribution in [2.24, 2.45) is 0 Å². The van der Waals surface area contributed by atoms with Crippen LogP contribution in [-0.2, 0) is 0 Å². The van der Waals surface area contributed by atoms with Gasteiger partial charge in [0.15, 0.2) is 11.4 Å². The first-order valence-electron chi connectivity index (χ1n) is 3.35. The van der Waals surface area contributed by atoms with Crippen molar-refractivity contribution in [1.29, 1.82) is 5.26 Å². The Morgan fingerprint density at radius 1 is 1.47 bits per heavy atom. The summed E-state index contributed by atoms with van der Waals surface area (Å²) in [7, 11) is 0. The van der Waals surface area contributed by atoms with Crippen LogP contribution in [0.2, 0.25) is 0 Å². The standard InChI is InChI=1S/C7HBrF4N2O/c8-3-1-5(15-7(10,11)12)6(9)14-4(3)2-13/h1H. The molecule has 0 aliphatic rings. The number of aromatic nitrogens is 1. The normalized spacial score (nSPS) is 10.9. The second-order valence-corrected chi connectivity index (χ2v) is 3.12. The summed E-state index contributed by atoms with van der Waals surface area (Å²) < 4.78 is 51.3. The molecule has 0 saturated heterocycles. The predicted octanol–water partition coefficient (Wildman–Crippen LogP) is 2.75. The zero-order valence-electron chi connectivity index (χ0n) is 6.77. The van der Waals surface area contributed by atoms with Gasteiger partial charge in [-0.25, -0.2) is 4.98 Å². The van der Waals surface area contributed by atoms with E-state index >= 15 is 0 Å². The van der Waals surface area contributed by atoms with Crippen molar-refractivity contribution in [3.63, 3.8) is 0 Å². The largest absolute Gasteiger partial charge is 0.573 e. The van der Waals surface area contributed by atoms with Gasteiger partial charge in [-0.1, -0.05) is 0 Å². The fourth-order valence-corrected chi connectivity index (χ4v) is 1.11. The van der Waals surface area contributed by atoms with Gasteiger partial charge in [-0.2, -0.15) is 9.65 Å². The van der Waals surface area contributed by atoms with E-state index in [1.54, 1.807) is 0 Å². The Morgan fingerprint density at radius 3 is 2.53 bits per heavy atom. The van der Waals surface area contributed by atoms with Gasteiger partial charge >= 0.3 is 6.36 Å². The third-order valence-electron chi connectivity index (χ3n) is 1.23. The van der Waals surface area contributed by atoms with Gasteiger partial charge in [0.25, 0.3) is 5.95 Å². The van der Waals surface area contributed by atoms with Gasteiger partial charge in [-0.05, 0) is 15.9 Å². The van der Waals surface area contributed by atoms with Gasteiger partial charge in [0.2, 0.25) is 0 Å². The van der Waals surface area contributed by atoms with Crippen LogP contribution in [0, 0.1) is 17.3 Å². The molecule has 1 aromatic heterocycles. The lowest BCUT2D eigenvalue weighted by molar-refractivity contribution is -0.275. The van der Waals surface area contributed by atoms with Crippen molar-refractivity contribution >= 4 is 15.9 Å². The number of halogens is 5. The molecule has 1 heterocycles. The highest BCUT2D eigenvalue weighted by molar-refractivity contribution is 9.10. The smallest absolute Gasteiger partial charge is 0.401 e. The molecule has 0 aliphatic heterocycles. The number of alkyl halides is 3. The summed E-state index contributed by atoms with van der Waals surface area (Å²) in [5.74, 6) is -2.58. The van der Waals surface area contributed by atoms with Crippen LogP contribution in [0.1, 0.15) is 5.69 Å². The summed E-state index contributed by atoms with van der Waals surface area (Å²) in [5.41, 5.74) is -0.359. The lowest BCUT2D eigenvalue weighted by Gasteiger charge is -2.09. The number of hydrogen-bond donors (Lipinski definition) is 0. The topological polar surface area (TPSA) is 45.9 Å². The quantitative estimate of drug-likeness (QED) is 0.588. The third kappa shape index (κ3) is 3.06. The van der Waals surface area contributed by atoms with E-state index in [0.29, 0.717) is 6.07 Å². The van der Waals surface area contributed by atoms with Crippen LogP contribution in [0.5, 0.6) is 5.75 Å². The van der Waals surface area contributed by atoms with Crippen LogP contribution in [0.25, 0.3) is 0 Å². The first-order valence-corrected chi connectivity index (χ1v) is 4.14. The number of nitrogens with zero attached hydrogens (tertiary/aromatic N) is 2. The van der Waals surface area contributed by atoms with Gasteiger partial charge in [-0.3, -0.25) is 0 Å². The molecule has 80 valence electrons. The van der Waals surface area contributed by atoms with Gasteiger partial charge in [0.05, 0.1) is 4.47 Å². The molecule has 1 rings (SSSR count). The summed E-state index contributed by atoms with van der Waals surface area (Å²) in [6, 6.07) is 2.18. The third-order valence-corrected chi connectivity index (χ3v) is 1.83. The van der Waals surface area contributed by atoms with E-state index in [-0.39, 0.29) is 10.2 Å². The molecule has 0 spiro atoms. The molecule has 0 saturated carbocycles. The van der Waals surface area contributed by atoms with E-state index in [2.05, 4.69) is 25.7 Å². The molecule has 0 aliphatic carbocycles. The first-order chi connectivity index (χ1) is 6.83. The van der Waals surface area contributed by atoms with Crippen molar-refractivity contribution in [2.75, 3.05) is 0 Å². The minimum atomic E-state index is -5.00. The Morgan fingerprint density at radius 2 is 2.07 bits per heavy atom. The van der Waals surface area contributed by atoms with Crippen LogP contribution in [0.15, 0.2) is 10.5 Å². The van der Waals surface area contributed by atoms with E-state index in [4.69, 9.17) is 5.26 Å². The van der Waals surface area contributed by atoms with E-state index in [9.17, 15) is 17.6 Å². The second-order valence-electron chi connectivity index (χ2n) is 2.27. The first kappa shape index (κ1) is 11.7. The molecule has 0 bridgehead atoms. The number of pyridine rings is 1. The SMILES string of the molecule is N#Cc1nc(F)c(OC(F)(F)F)cc1Br. The summed E-state index contributed by atoms with van der Waals surface area (Å²) in [6.07, 6.45) is -5.00. The molecule has 3 nitrogen and oxygen atoms in total. The summed E-state index contributed by atoms with van der Waals surface area (Å²) in [4.78, 5) is 2.98. The molecule has 0 fully saturated rings. The molecule has 0 radical (unpaired) electrons. The fourth-order valence-electron chi connectivity index (χ4n) is 0.724. The molecule has 0 atom stereocenters. The van der Waals surface area contributed by atoms with Crippen molar-refractivity contribution in [3.05, 3.63) is 22.2 Å². The van der Waals surface area contributed by atoms with Crippen molar-refractivity contribution in [3.8, 4) is 11.8 Å². The Balaban J connectivity index is 3.13. The summed E-state index contributed by atoms with van der Waals surface area (Å²) >= 11 is 2.75. The van der Waals surface area contributed by atoms with Crippen molar-refractivity contribution in [1.82, 2.24) is 4.98 Å². The van der Waals surface area contributed by atoms with Gasteiger partial charge in [0, 0.05) is 6.07 Å². The molecule has 0 N–H and O–H groups in total. The summed E-state index contributed by atoms with van der Waals surface area (Å²) in [5, 5.41) is 8.39. The van der Waals surface area contributed by atoms with E-state index in [0.717, 1.165) is 0 Å². The molecule has 0 amide bonds. The van der Waals surface area contributed by atoms with E-state index < -0.39 is 18.1 Å². The van der Waals surface area contributed by atoms with Gasteiger partial charge < -0.3 is 4.74 Å². The average molecular weight is 285 g/mol. The average Bonchev–Trinajstić information content (AvgIpc) is 2.08. The highest BCUT2D eigenvalue weighted by Gasteiger charge is 2.33. The maximum atomic E-state index is 12.8. The maximum absolute atomic E-state index is 12.8. The number of hydrogen-bond acceptors (Lipinski definition) is 3. The second kappa shape index (κ2) is 4.02. The van der Waals surface area contributed by atoms with Crippen molar-refractivity contribution < 1.29 is 22.3 Å². The molecule has 0 unspecified atom stereocenters. The van der Waals surface area contributed by atoms with E-state index in [1.165, 1.54) is 6.07 Å². The Bertz CT molecular complexity index is 426. The van der Waals surface area contributed by atoms with Gasteiger partial charge in [0.1, 0.15) is 6.07 Å². The summed E-state index contributed by atoms with van der Waals surface area (Å²) in [6.45, 7) is 0.